The molecule has 1 aromatic carbocycles. The zero-order valence-corrected chi connectivity index (χ0v) is 19.9. The van der Waals surface area contributed by atoms with E-state index < -0.39 is 24.1 Å². The van der Waals surface area contributed by atoms with Crippen molar-refractivity contribution in [3.05, 3.63) is 26.5 Å². The molecule has 0 bridgehead atoms. The first-order chi connectivity index (χ1) is 11.4. The van der Waals surface area contributed by atoms with Crippen LogP contribution in [0.3, 0.4) is 0 Å². The van der Waals surface area contributed by atoms with E-state index >= 15 is 0 Å². The van der Waals surface area contributed by atoms with Crippen LogP contribution in [-0.4, -0.2) is 47.7 Å². The fourth-order valence-corrected chi connectivity index (χ4v) is 4.62. The molecule has 5 nitrogen and oxygen atoms in total. The van der Waals surface area contributed by atoms with Crippen LogP contribution in [0.1, 0.15) is 6.92 Å². The second-order valence-corrected chi connectivity index (χ2v) is 15.9. The third kappa shape index (κ3) is 6.31. The summed E-state index contributed by atoms with van der Waals surface area (Å²) in [5.41, 5.74) is 0.209. The zero-order chi connectivity index (χ0) is 19.4. The van der Waals surface area contributed by atoms with Gasteiger partial charge in [0.05, 0.1) is 14.3 Å². The summed E-state index contributed by atoms with van der Waals surface area (Å²) in [6.07, 6.45) is 0. The van der Waals surface area contributed by atoms with Crippen LogP contribution < -0.4 is 4.31 Å². The van der Waals surface area contributed by atoms with Gasteiger partial charge in [0.15, 0.2) is 0 Å². The van der Waals surface area contributed by atoms with Crippen LogP contribution in [0, 0.1) is 9.39 Å². The van der Waals surface area contributed by atoms with Gasteiger partial charge in [-0.3, -0.25) is 0 Å². The third-order valence-electron chi connectivity index (χ3n) is 3.61. The number of anilines is 1. The first-order valence-corrected chi connectivity index (χ1v) is 14.4. The van der Waals surface area contributed by atoms with Gasteiger partial charge in [-0.15, -0.1) is 0 Å². The quantitative estimate of drug-likeness (QED) is 0.159. The van der Waals surface area contributed by atoms with Gasteiger partial charge in [0, 0.05) is 28.3 Å². The van der Waals surface area contributed by atoms with Crippen LogP contribution in [0.2, 0.25) is 30.7 Å². The minimum atomic E-state index is -3.83. The Morgan fingerprint density at radius 2 is 1.92 bits per heavy atom. The number of ether oxygens (including phenoxy) is 1. The molecule has 0 amide bonds. The topological polar surface area (TPSA) is 49.9 Å². The number of hydrogen-bond donors (Lipinski definition) is 0. The summed E-state index contributed by atoms with van der Waals surface area (Å²) in [7, 11) is -3.64. The normalized spacial score (nSPS) is 12.7. The summed E-state index contributed by atoms with van der Waals surface area (Å²) in [5.74, 6) is -0.491. The second-order valence-electron chi connectivity index (χ2n) is 6.81. The van der Waals surface area contributed by atoms with Crippen LogP contribution >= 0.6 is 34.2 Å². The molecule has 10 heteroatoms. The third-order valence-corrected chi connectivity index (χ3v) is 8.97. The van der Waals surface area contributed by atoms with Crippen LogP contribution in [0.15, 0.2) is 12.1 Å². The largest absolute Gasteiger partial charge is 0.360 e. The molecule has 0 N–H and O–H groups in total. The van der Waals surface area contributed by atoms with Gasteiger partial charge < -0.3 is 4.74 Å². The van der Waals surface area contributed by atoms with Crippen LogP contribution in [0.5, 0.6) is 0 Å². The van der Waals surface area contributed by atoms with E-state index in [0.29, 0.717) is 13.2 Å². The van der Waals surface area contributed by atoms with Crippen molar-refractivity contribution in [1.82, 2.24) is 4.31 Å². The van der Waals surface area contributed by atoms with Crippen LogP contribution in [-0.2, 0) is 14.9 Å². The molecule has 0 aromatic heterocycles. The van der Waals surface area contributed by atoms with Crippen molar-refractivity contribution in [1.29, 1.82) is 0 Å². The Hall–Kier alpha value is 0.0569. The molecule has 0 saturated carbocycles. The van der Waals surface area contributed by atoms with Gasteiger partial charge in [-0.1, -0.05) is 38.2 Å². The van der Waals surface area contributed by atoms with E-state index in [9.17, 15) is 12.8 Å². The van der Waals surface area contributed by atoms with Gasteiger partial charge in [-0.05, 0) is 40.8 Å². The molecule has 0 heterocycles. The lowest BCUT2D eigenvalue weighted by Crippen LogP contribution is -2.43. The van der Waals surface area contributed by atoms with Gasteiger partial charge in [0.1, 0.15) is 12.5 Å². The maximum atomic E-state index is 13.7. The van der Waals surface area contributed by atoms with E-state index in [1.807, 2.05) is 0 Å². The first kappa shape index (κ1) is 23.1. The highest BCUT2D eigenvalue weighted by molar-refractivity contribution is 14.1. The van der Waals surface area contributed by atoms with Gasteiger partial charge >= 0.3 is 10.2 Å². The van der Waals surface area contributed by atoms with Crippen molar-refractivity contribution in [3.63, 3.8) is 0 Å². The Balaban J connectivity index is 3.15. The van der Waals surface area contributed by atoms with E-state index in [4.69, 9.17) is 16.3 Å². The number of hydrogen-bond acceptors (Lipinski definition) is 3. The van der Waals surface area contributed by atoms with Crippen molar-refractivity contribution >= 4 is 58.2 Å². The molecule has 0 unspecified atom stereocenters. The molecule has 25 heavy (non-hydrogen) atoms. The SMILES string of the molecule is CCN(C)S(=O)(=O)N(COCC[Si](C)(C)C)c1ccc(F)c(I)c1Cl. The highest BCUT2D eigenvalue weighted by atomic mass is 127. The van der Waals surface area contributed by atoms with Crippen LogP contribution in [0.25, 0.3) is 0 Å². The summed E-state index contributed by atoms with van der Waals surface area (Å²) in [6, 6.07) is 3.49. The lowest BCUT2D eigenvalue weighted by Gasteiger charge is -2.29. The molecule has 0 aliphatic rings. The average Bonchev–Trinajstić information content (AvgIpc) is 2.51. The molecule has 0 fully saturated rings. The fourth-order valence-electron chi connectivity index (χ4n) is 1.83. The second kappa shape index (κ2) is 9.31. The highest BCUT2D eigenvalue weighted by Crippen LogP contribution is 2.34. The molecule has 0 aliphatic heterocycles. The molecule has 144 valence electrons. The number of nitrogens with zero attached hydrogens (tertiary/aromatic N) is 2. The van der Waals surface area contributed by atoms with Crippen LogP contribution in [0.4, 0.5) is 10.1 Å². The maximum Gasteiger partial charge on any atom is 0.305 e. The van der Waals surface area contributed by atoms with E-state index in [1.54, 1.807) is 29.5 Å². The lowest BCUT2D eigenvalue weighted by molar-refractivity contribution is 0.155. The number of benzene rings is 1. The minimum Gasteiger partial charge on any atom is -0.360 e. The average molecular weight is 523 g/mol. The molecule has 0 radical (unpaired) electrons. The van der Waals surface area contributed by atoms with Gasteiger partial charge in [-0.25, -0.2) is 8.70 Å². The minimum absolute atomic E-state index is 0.0578. The Morgan fingerprint density at radius 3 is 2.44 bits per heavy atom. The molecule has 0 spiro atoms. The van der Waals surface area contributed by atoms with E-state index in [1.165, 1.54) is 23.5 Å². The molecule has 0 saturated heterocycles. The predicted octanol–water partition coefficient (Wildman–Crippen LogP) is 4.40. The number of rotatable bonds is 9. The Morgan fingerprint density at radius 1 is 1.32 bits per heavy atom. The van der Waals surface area contributed by atoms with Gasteiger partial charge in [0.2, 0.25) is 0 Å². The lowest BCUT2D eigenvalue weighted by atomic mass is 10.3. The fraction of sp³-hybridized carbons (Fsp3) is 0.600. The Bertz CT molecular complexity index is 701. The van der Waals surface area contributed by atoms with Crippen molar-refractivity contribution in [3.8, 4) is 0 Å². The predicted molar refractivity (Wildman–Crippen MR) is 113 cm³/mol. The molecule has 1 aromatic rings. The molecular weight excluding hydrogens is 498 g/mol. The highest BCUT2D eigenvalue weighted by Gasteiger charge is 2.29. The van der Waals surface area contributed by atoms with Gasteiger partial charge in [-0.2, -0.15) is 12.7 Å². The van der Waals surface area contributed by atoms with E-state index in [2.05, 4.69) is 19.6 Å². The van der Waals surface area contributed by atoms with Gasteiger partial charge in [0.25, 0.3) is 0 Å². The van der Waals surface area contributed by atoms with E-state index in [-0.39, 0.29) is 21.0 Å². The number of halogens is 3. The summed E-state index contributed by atoms with van der Waals surface area (Å²) >= 11 is 7.97. The first-order valence-electron chi connectivity index (χ1n) is 7.87. The molecule has 0 atom stereocenters. The van der Waals surface area contributed by atoms with Crippen molar-refractivity contribution in [2.75, 3.05) is 31.2 Å². The standard InChI is InChI=1S/C15H25ClFIN2O3SSi/c1-6-19(2)24(21,22)20(11-23-9-10-25(3,4)5)13-8-7-12(17)15(18)14(13)16/h7-8H,6,9-11H2,1-5H3. The maximum absolute atomic E-state index is 13.7. The molecule has 1 rings (SSSR count). The van der Waals surface area contributed by atoms with Crippen molar-refractivity contribution in [2.24, 2.45) is 0 Å². The Labute approximate surface area is 169 Å². The summed E-state index contributed by atoms with van der Waals surface area (Å²) < 4.78 is 47.4. The van der Waals surface area contributed by atoms with E-state index in [0.717, 1.165) is 10.3 Å². The molecular formula is C15H25ClFIN2O3SSi. The van der Waals surface area contributed by atoms with Crippen molar-refractivity contribution < 1.29 is 17.5 Å². The zero-order valence-electron chi connectivity index (χ0n) is 15.1. The monoisotopic (exact) mass is 522 g/mol. The summed E-state index contributed by atoms with van der Waals surface area (Å²) in [4.78, 5) is 0. The summed E-state index contributed by atoms with van der Waals surface area (Å²) in [6.45, 7) is 8.98. The Kier molecular flexibility index (Phi) is 8.60. The van der Waals surface area contributed by atoms with Crippen molar-refractivity contribution in [2.45, 2.75) is 32.6 Å². The summed E-state index contributed by atoms with van der Waals surface area (Å²) in [5, 5.41) is 0.0578. The smallest absolute Gasteiger partial charge is 0.305 e. The molecule has 0 aliphatic carbocycles.